The number of halogens is 1. The van der Waals surface area contributed by atoms with Crippen molar-refractivity contribution in [2.75, 3.05) is 14.2 Å². The highest BCUT2D eigenvalue weighted by molar-refractivity contribution is 7.89. The number of nitrogens with one attached hydrogen (secondary N) is 1. The Bertz CT molecular complexity index is 601. The van der Waals surface area contributed by atoms with Gasteiger partial charge in [0.15, 0.2) is 0 Å². The number of hydrogen-bond acceptors (Lipinski definition) is 4. The topological polar surface area (TPSA) is 75.7 Å². The molecule has 6 nitrogen and oxygen atoms in total. The van der Waals surface area contributed by atoms with Crippen LogP contribution >= 0.6 is 11.6 Å². The molecule has 0 atom stereocenters. The van der Waals surface area contributed by atoms with E-state index in [1.54, 1.807) is 0 Å². The summed E-state index contributed by atoms with van der Waals surface area (Å²) in [5.74, 6) is -0.367. The first kappa shape index (κ1) is 16.9. The standard InChI is InChI=1S/C12H17ClN2O4S/c1-8(2)14-12(16)9-5-6-10(13)11(7-9)20(17,18)15(3)19-4/h5-8H,1-4H3,(H,14,16). The molecule has 0 aliphatic heterocycles. The molecule has 0 saturated heterocycles. The van der Waals surface area contributed by atoms with Gasteiger partial charge in [-0.25, -0.2) is 8.42 Å². The van der Waals surface area contributed by atoms with Gasteiger partial charge in [0, 0.05) is 18.7 Å². The van der Waals surface area contributed by atoms with Crippen molar-refractivity contribution in [2.24, 2.45) is 0 Å². The van der Waals surface area contributed by atoms with Gasteiger partial charge in [0.25, 0.3) is 15.9 Å². The fraction of sp³-hybridized carbons (Fsp3) is 0.417. The molecule has 0 unspecified atom stereocenters. The molecular formula is C12H17ClN2O4S. The Labute approximate surface area is 123 Å². The summed E-state index contributed by atoms with van der Waals surface area (Å²) < 4.78 is 25.0. The van der Waals surface area contributed by atoms with E-state index in [1.165, 1.54) is 32.4 Å². The fourth-order valence-electron chi connectivity index (χ4n) is 1.42. The summed E-state index contributed by atoms with van der Waals surface area (Å²) >= 11 is 5.90. The van der Waals surface area contributed by atoms with Crippen molar-refractivity contribution < 1.29 is 18.0 Å². The zero-order valence-electron chi connectivity index (χ0n) is 11.7. The highest BCUT2D eigenvalue weighted by Crippen LogP contribution is 2.25. The molecule has 0 spiro atoms. The minimum Gasteiger partial charge on any atom is -0.350 e. The van der Waals surface area contributed by atoms with E-state index < -0.39 is 10.0 Å². The van der Waals surface area contributed by atoms with Crippen molar-refractivity contribution in [3.8, 4) is 0 Å². The first-order valence-electron chi connectivity index (χ1n) is 5.83. The fourth-order valence-corrected chi connectivity index (χ4v) is 2.90. The second-order valence-electron chi connectivity index (χ2n) is 4.37. The van der Waals surface area contributed by atoms with Crippen molar-refractivity contribution in [1.82, 2.24) is 9.79 Å². The predicted octanol–water partition coefficient (Wildman–Crippen LogP) is 1.66. The summed E-state index contributed by atoms with van der Waals surface area (Å²) in [5.41, 5.74) is 0.214. The van der Waals surface area contributed by atoms with Crippen LogP contribution in [0, 0.1) is 0 Å². The summed E-state index contributed by atoms with van der Waals surface area (Å²) in [6.45, 7) is 3.62. The maximum atomic E-state index is 12.2. The van der Waals surface area contributed by atoms with Crippen LogP contribution in [0.1, 0.15) is 24.2 Å². The number of amides is 1. The van der Waals surface area contributed by atoms with E-state index in [4.69, 9.17) is 11.6 Å². The second-order valence-corrected chi connectivity index (χ2v) is 6.68. The second kappa shape index (κ2) is 6.53. The predicted molar refractivity (Wildman–Crippen MR) is 76.0 cm³/mol. The van der Waals surface area contributed by atoms with E-state index in [1.807, 2.05) is 13.8 Å². The van der Waals surface area contributed by atoms with Crippen LogP contribution in [-0.2, 0) is 14.9 Å². The Morgan fingerprint density at radius 2 is 2.00 bits per heavy atom. The van der Waals surface area contributed by atoms with Gasteiger partial charge in [-0.05, 0) is 32.0 Å². The van der Waals surface area contributed by atoms with Crippen molar-refractivity contribution in [3.05, 3.63) is 28.8 Å². The van der Waals surface area contributed by atoms with Crippen LogP contribution in [0.3, 0.4) is 0 Å². The number of carbonyl (C=O) groups excluding carboxylic acids is 1. The summed E-state index contributed by atoms with van der Waals surface area (Å²) in [6.07, 6.45) is 0. The van der Waals surface area contributed by atoms with E-state index in [0.29, 0.717) is 4.47 Å². The molecule has 0 heterocycles. The molecule has 0 aromatic heterocycles. The quantitative estimate of drug-likeness (QED) is 0.837. The maximum Gasteiger partial charge on any atom is 0.266 e. The smallest absolute Gasteiger partial charge is 0.266 e. The van der Waals surface area contributed by atoms with Crippen molar-refractivity contribution in [1.29, 1.82) is 0 Å². The molecule has 1 rings (SSSR count). The highest BCUT2D eigenvalue weighted by atomic mass is 35.5. The molecule has 0 bridgehead atoms. The van der Waals surface area contributed by atoms with Crippen LogP contribution in [0.25, 0.3) is 0 Å². The minimum absolute atomic E-state index is 0.0231. The monoisotopic (exact) mass is 320 g/mol. The third-order valence-corrected chi connectivity index (χ3v) is 4.65. The number of hydroxylamine groups is 1. The van der Waals surface area contributed by atoms with Gasteiger partial charge in [-0.1, -0.05) is 16.1 Å². The Balaban J connectivity index is 3.26. The lowest BCUT2D eigenvalue weighted by molar-refractivity contribution is -0.0258. The number of nitrogens with zero attached hydrogens (tertiary/aromatic N) is 1. The first-order chi connectivity index (χ1) is 9.20. The third-order valence-electron chi connectivity index (χ3n) is 2.49. The Hall–Kier alpha value is -1.15. The molecule has 8 heteroatoms. The number of rotatable bonds is 5. The average Bonchev–Trinajstić information content (AvgIpc) is 2.36. The Morgan fingerprint density at radius 1 is 1.40 bits per heavy atom. The van der Waals surface area contributed by atoms with Gasteiger partial charge in [-0.2, -0.15) is 0 Å². The summed E-state index contributed by atoms with van der Waals surface area (Å²) in [5, 5.41) is 2.70. The largest absolute Gasteiger partial charge is 0.350 e. The molecule has 0 saturated carbocycles. The molecule has 1 amide bonds. The summed E-state index contributed by atoms with van der Waals surface area (Å²) in [4.78, 5) is 16.4. The van der Waals surface area contributed by atoms with Crippen LogP contribution in [-0.4, -0.2) is 39.0 Å². The van der Waals surface area contributed by atoms with E-state index in [2.05, 4.69) is 10.2 Å². The number of carbonyl (C=O) groups is 1. The zero-order chi connectivity index (χ0) is 15.5. The number of benzene rings is 1. The van der Waals surface area contributed by atoms with Gasteiger partial charge in [0.1, 0.15) is 4.90 Å². The van der Waals surface area contributed by atoms with Crippen molar-refractivity contribution >= 4 is 27.5 Å². The Kier molecular flexibility index (Phi) is 5.52. The number of hydrogen-bond donors (Lipinski definition) is 1. The molecule has 1 aromatic carbocycles. The molecule has 1 N–H and O–H groups in total. The number of sulfonamides is 1. The minimum atomic E-state index is -3.91. The molecule has 1 aromatic rings. The molecule has 0 radical (unpaired) electrons. The van der Waals surface area contributed by atoms with Gasteiger partial charge in [0.05, 0.1) is 12.1 Å². The summed E-state index contributed by atoms with van der Waals surface area (Å²) in [7, 11) is -1.44. The van der Waals surface area contributed by atoms with Crippen molar-refractivity contribution in [3.63, 3.8) is 0 Å². The lowest BCUT2D eigenvalue weighted by atomic mass is 10.2. The molecule has 20 heavy (non-hydrogen) atoms. The molecule has 0 aliphatic carbocycles. The van der Waals surface area contributed by atoms with Gasteiger partial charge in [-0.15, -0.1) is 0 Å². The normalized spacial score (nSPS) is 11.9. The van der Waals surface area contributed by atoms with Gasteiger partial charge < -0.3 is 5.32 Å². The van der Waals surface area contributed by atoms with Crippen molar-refractivity contribution in [2.45, 2.75) is 24.8 Å². The Morgan fingerprint density at radius 3 is 2.50 bits per heavy atom. The maximum absolute atomic E-state index is 12.2. The SMILES string of the molecule is CON(C)S(=O)(=O)c1cc(C(=O)NC(C)C)ccc1Cl. The highest BCUT2D eigenvalue weighted by Gasteiger charge is 2.25. The van der Waals surface area contributed by atoms with Crippen LogP contribution in [0.2, 0.25) is 5.02 Å². The van der Waals surface area contributed by atoms with Gasteiger partial charge in [0.2, 0.25) is 0 Å². The van der Waals surface area contributed by atoms with Crippen LogP contribution in [0.5, 0.6) is 0 Å². The lowest BCUT2D eigenvalue weighted by Crippen LogP contribution is -2.30. The average molecular weight is 321 g/mol. The van der Waals surface area contributed by atoms with E-state index in [0.717, 1.165) is 0 Å². The van der Waals surface area contributed by atoms with E-state index in [-0.39, 0.29) is 27.4 Å². The molecule has 0 fully saturated rings. The van der Waals surface area contributed by atoms with Gasteiger partial charge in [-0.3, -0.25) is 9.63 Å². The van der Waals surface area contributed by atoms with Crippen LogP contribution in [0.4, 0.5) is 0 Å². The van der Waals surface area contributed by atoms with Crippen LogP contribution < -0.4 is 5.32 Å². The van der Waals surface area contributed by atoms with Gasteiger partial charge >= 0.3 is 0 Å². The van der Waals surface area contributed by atoms with E-state index in [9.17, 15) is 13.2 Å². The first-order valence-corrected chi connectivity index (χ1v) is 7.65. The lowest BCUT2D eigenvalue weighted by Gasteiger charge is -2.16. The van der Waals surface area contributed by atoms with E-state index >= 15 is 0 Å². The zero-order valence-corrected chi connectivity index (χ0v) is 13.2. The molecular weight excluding hydrogens is 304 g/mol. The summed E-state index contributed by atoms with van der Waals surface area (Å²) in [6, 6.07) is 4.00. The molecule has 112 valence electrons. The third kappa shape index (κ3) is 3.69. The molecule has 0 aliphatic rings. The van der Waals surface area contributed by atoms with Crippen LogP contribution in [0.15, 0.2) is 23.1 Å².